The summed E-state index contributed by atoms with van der Waals surface area (Å²) in [6.07, 6.45) is 3.09. The van der Waals surface area contributed by atoms with Crippen molar-refractivity contribution < 1.29 is 4.74 Å². The third kappa shape index (κ3) is 2.49. The van der Waals surface area contributed by atoms with Crippen molar-refractivity contribution in [1.82, 2.24) is 19.9 Å². The molecule has 6 heteroatoms. The fraction of sp³-hybridized carbons (Fsp3) is 0.143. The van der Waals surface area contributed by atoms with Crippen LogP contribution in [0.3, 0.4) is 0 Å². The number of rotatable bonds is 4. The number of nitrogens with one attached hydrogen (secondary N) is 1. The van der Waals surface area contributed by atoms with Gasteiger partial charge < -0.3 is 10.1 Å². The van der Waals surface area contributed by atoms with Crippen LogP contribution < -0.4 is 10.1 Å². The van der Waals surface area contributed by atoms with Crippen molar-refractivity contribution in [2.75, 3.05) is 12.4 Å². The standard InChI is InChI=1S/C14H13N5O/c1-20-13-12-11(8-15-9-17-12)18-14(19-13)16-7-10-5-3-2-4-6-10/h2-6,8-9H,7H2,1H3,(H,16,18,19). The predicted molar refractivity (Wildman–Crippen MR) is 75.4 cm³/mol. The van der Waals surface area contributed by atoms with Crippen molar-refractivity contribution in [2.45, 2.75) is 6.54 Å². The molecule has 20 heavy (non-hydrogen) atoms. The maximum absolute atomic E-state index is 5.24. The van der Waals surface area contributed by atoms with E-state index >= 15 is 0 Å². The Morgan fingerprint density at radius 2 is 2.00 bits per heavy atom. The Morgan fingerprint density at radius 1 is 1.15 bits per heavy atom. The molecule has 0 spiro atoms. The second-order valence-corrected chi connectivity index (χ2v) is 4.15. The van der Waals surface area contributed by atoms with E-state index in [0.29, 0.717) is 29.4 Å². The van der Waals surface area contributed by atoms with Crippen LogP contribution in [0.4, 0.5) is 5.95 Å². The number of fused-ring (bicyclic) bond motifs is 1. The van der Waals surface area contributed by atoms with Crippen LogP contribution in [0.1, 0.15) is 5.56 Å². The van der Waals surface area contributed by atoms with Crippen LogP contribution in [0.5, 0.6) is 5.88 Å². The summed E-state index contributed by atoms with van der Waals surface area (Å²) in [7, 11) is 1.56. The molecule has 0 amide bonds. The van der Waals surface area contributed by atoms with Gasteiger partial charge in [-0.25, -0.2) is 15.0 Å². The van der Waals surface area contributed by atoms with E-state index in [2.05, 4.69) is 25.3 Å². The predicted octanol–water partition coefficient (Wildman–Crippen LogP) is 2.04. The Kier molecular flexibility index (Phi) is 3.36. The van der Waals surface area contributed by atoms with Gasteiger partial charge in [-0.15, -0.1) is 0 Å². The smallest absolute Gasteiger partial charge is 0.245 e. The van der Waals surface area contributed by atoms with Crippen LogP contribution >= 0.6 is 0 Å². The average molecular weight is 267 g/mol. The lowest BCUT2D eigenvalue weighted by Crippen LogP contribution is -2.05. The number of benzene rings is 1. The minimum Gasteiger partial charge on any atom is -0.479 e. The zero-order chi connectivity index (χ0) is 13.8. The first-order valence-electron chi connectivity index (χ1n) is 6.16. The third-order valence-electron chi connectivity index (χ3n) is 2.82. The summed E-state index contributed by atoms with van der Waals surface area (Å²) >= 11 is 0. The Labute approximate surface area is 115 Å². The monoisotopic (exact) mass is 267 g/mol. The average Bonchev–Trinajstić information content (AvgIpc) is 2.53. The number of ether oxygens (including phenoxy) is 1. The molecule has 6 nitrogen and oxygen atoms in total. The maximum atomic E-state index is 5.24. The SMILES string of the molecule is COc1nc(NCc2ccccc2)nc2cncnc12. The van der Waals surface area contributed by atoms with Crippen LogP contribution in [0, 0.1) is 0 Å². The molecule has 0 fully saturated rings. The van der Waals surface area contributed by atoms with Crippen LogP contribution in [0.15, 0.2) is 42.9 Å². The summed E-state index contributed by atoms with van der Waals surface area (Å²) in [5, 5.41) is 3.17. The van der Waals surface area contributed by atoms with E-state index in [1.807, 2.05) is 30.3 Å². The highest BCUT2D eigenvalue weighted by Gasteiger charge is 2.09. The third-order valence-corrected chi connectivity index (χ3v) is 2.82. The molecule has 0 saturated carbocycles. The van der Waals surface area contributed by atoms with Gasteiger partial charge in [-0.05, 0) is 5.56 Å². The molecule has 0 bridgehead atoms. The first kappa shape index (κ1) is 12.3. The summed E-state index contributed by atoms with van der Waals surface area (Å²) in [5.41, 5.74) is 2.40. The highest BCUT2D eigenvalue weighted by molar-refractivity contribution is 5.79. The molecular weight excluding hydrogens is 254 g/mol. The van der Waals surface area contributed by atoms with Gasteiger partial charge in [0.25, 0.3) is 0 Å². The second-order valence-electron chi connectivity index (χ2n) is 4.15. The molecule has 3 rings (SSSR count). The van der Waals surface area contributed by atoms with E-state index in [9.17, 15) is 0 Å². The molecule has 100 valence electrons. The van der Waals surface area contributed by atoms with Crippen molar-refractivity contribution in [3.63, 3.8) is 0 Å². The van der Waals surface area contributed by atoms with Crippen LogP contribution in [-0.2, 0) is 6.54 Å². The van der Waals surface area contributed by atoms with Gasteiger partial charge in [-0.2, -0.15) is 4.98 Å². The molecule has 0 radical (unpaired) electrons. The molecule has 1 aromatic carbocycles. The van der Waals surface area contributed by atoms with E-state index in [-0.39, 0.29) is 0 Å². The topological polar surface area (TPSA) is 72.8 Å². The number of aromatic nitrogens is 4. The van der Waals surface area contributed by atoms with Gasteiger partial charge in [0.2, 0.25) is 11.8 Å². The van der Waals surface area contributed by atoms with Crippen molar-refractivity contribution in [3.05, 3.63) is 48.4 Å². The minimum atomic E-state index is 0.438. The van der Waals surface area contributed by atoms with Gasteiger partial charge in [0.15, 0.2) is 5.52 Å². The number of methoxy groups -OCH3 is 1. The highest BCUT2D eigenvalue weighted by Crippen LogP contribution is 2.20. The number of hydrogen-bond acceptors (Lipinski definition) is 6. The lowest BCUT2D eigenvalue weighted by molar-refractivity contribution is 0.402. The Balaban J connectivity index is 1.88. The minimum absolute atomic E-state index is 0.438. The van der Waals surface area contributed by atoms with Gasteiger partial charge >= 0.3 is 0 Å². The van der Waals surface area contributed by atoms with E-state index in [1.54, 1.807) is 13.3 Å². The van der Waals surface area contributed by atoms with E-state index in [1.165, 1.54) is 6.33 Å². The molecule has 3 aromatic rings. The molecule has 0 aliphatic carbocycles. The van der Waals surface area contributed by atoms with Gasteiger partial charge in [0, 0.05) is 6.54 Å². The quantitative estimate of drug-likeness (QED) is 0.779. The van der Waals surface area contributed by atoms with Gasteiger partial charge in [-0.3, -0.25) is 0 Å². The van der Waals surface area contributed by atoms with E-state index in [4.69, 9.17) is 4.74 Å². The Hall–Kier alpha value is -2.76. The molecule has 0 aliphatic heterocycles. The Morgan fingerprint density at radius 3 is 2.80 bits per heavy atom. The highest BCUT2D eigenvalue weighted by atomic mass is 16.5. The van der Waals surface area contributed by atoms with Crippen molar-refractivity contribution in [1.29, 1.82) is 0 Å². The van der Waals surface area contributed by atoms with Gasteiger partial charge in [0.05, 0.1) is 13.3 Å². The van der Waals surface area contributed by atoms with E-state index in [0.717, 1.165) is 5.56 Å². The fourth-order valence-electron chi connectivity index (χ4n) is 1.86. The summed E-state index contributed by atoms with van der Waals surface area (Å²) in [5.74, 6) is 0.931. The van der Waals surface area contributed by atoms with Crippen LogP contribution in [-0.4, -0.2) is 27.0 Å². The molecular formula is C14H13N5O. The zero-order valence-corrected chi connectivity index (χ0v) is 10.9. The van der Waals surface area contributed by atoms with Crippen molar-refractivity contribution in [2.24, 2.45) is 0 Å². The normalized spacial score (nSPS) is 10.4. The molecule has 1 N–H and O–H groups in total. The largest absolute Gasteiger partial charge is 0.479 e. The number of nitrogens with zero attached hydrogens (tertiary/aromatic N) is 4. The second kappa shape index (κ2) is 5.48. The molecule has 2 aromatic heterocycles. The maximum Gasteiger partial charge on any atom is 0.245 e. The van der Waals surface area contributed by atoms with Gasteiger partial charge in [-0.1, -0.05) is 30.3 Å². The lowest BCUT2D eigenvalue weighted by atomic mass is 10.2. The van der Waals surface area contributed by atoms with Crippen LogP contribution in [0.25, 0.3) is 11.0 Å². The van der Waals surface area contributed by atoms with Gasteiger partial charge in [0.1, 0.15) is 11.8 Å². The zero-order valence-electron chi connectivity index (χ0n) is 10.9. The number of hydrogen-bond donors (Lipinski definition) is 1. The van der Waals surface area contributed by atoms with E-state index < -0.39 is 0 Å². The Bertz CT molecular complexity index is 717. The summed E-state index contributed by atoms with van der Waals surface area (Å²) in [4.78, 5) is 16.8. The van der Waals surface area contributed by atoms with Crippen molar-refractivity contribution >= 4 is 17.0 Å². The number of anilines is 1. The summed E-state index contributed by atoms with van der Waals surface area (Å²) in [6.45, 7) is 0.642. The van der Waals surface area contributed by atoms with Crippen LogP contribution in [0.2, 0.25) is 0 Å². The molecule has 0 saturated heterocycles. The first-order chi connectivity index (χ1) is 9.86. The molecule has 2 heterocycles. The lowest BCUT2D eigenvalue weighted by Gasteiger charge is -2.08. The summed E-state index contributed by atoms with van der Waals surface area (Å²) < 4.78 is 5.24. The molecule has 0 unspecified atom stereocenters. The molecule has 0 atom stereocenters. The first-order valence-corrected chi connectivity index (χ1v) is 6.16. The molecule has 0 aliphatic rings. The fourth-order valence-corrected chi connectivity index (χ4v) is 1.86. The summed E-state index contributed by atoms with van der Waals surface area (Å²) in [6, 6.07) is 10.0. The van der Waals surface area contributed by atoms with Crippen molar-refractivity contribution in [3.8, 4) is 5.88 Å².